The molecule has 0 spiro atoms. The summed E-state index contributed by atoms with van der Waals surface area (Å²) in [6.07, 6.45) is 7.67. The molecule has 1 aliphatic carbocycles. The van der Waals surface area contributed by atoms with Crippen LogP contribution in [0.15, 0.2) is 18.2 Å². The molecule has 0 radical (unpaired) electrons. The highest BCUT2D eigenvalue weighted by Gasteiger charge is 2.20. The number of hydrogen-bond acceptors (Lipinski definition) is 2. The Kier molecular flexibility index (Phi) is 5.10. The highest BCUT2D eigenvalue weighted by atomic mass is 35.5. The van der Waals surface area contributed by atoms with E-state index in [0.717, 1.165) is 11.6 Å². The second-order valence-corrected chi connectivity index (χ2v) is 5.86. The van der Waals surface area contributed by atoms with Crippen molar-refractivity contribution >= 4 is 17.3 Å². The monoisotopic (exact) mass is 276 g/mol. The van der Waals surface area contributed by atoms with Crippen molar-refractivity contribution in [1.29, 1.82) is 5.26 Å². The normalized spacial score (nSPS) is 22.8. The number of nitriles is 1. The fourth-order valence-electron chi connectivity index (χ4n) is 2.93. The molecule has 2 rings (SSSR count). The van der Waals surface area contributed by atoms with Crippen LogP contribution in [0.5, 0.6) is 0 Å². The molecule has 1 N–H and O–H groups in total. The minimum Gasteiger partial charge on any atom is -0.381 e. The van der Waals surface area contributed by atoms with Crippen molar-refractivity contribution in [2.24, 2.45) is 5.92 Å². The number of hydrogen-bond donors (Lipinski definition) is 1. The predicted molar refractivity (Wildman–Crippen MR) is 80.4 cm³/mol. The van der Waals surface area contributed by atoms with Gasteiger partial charge in [-0.3, -0.25) is 0 Å². The number of halogens is 1. The zero-order valence-electron chi connectivity index (χ0n) is 11.5. The molecule has 0 aliphatic heterocycles. The smallest absolute Gasteiger partial charge is 0.0992 e. The van der Waals surface area contributed by atoms with Gasteiger partial charge in [-0.1, -0.05) is 31.4 Å². The van der Waals surface area contributed by atoms with Gasteiger partial charge in [0.1, 0.15) is 0 Å². The summed E-state index contributed by atoms with van der Waals surface area (Å²) in [7, 11) is 0. The molecule has 2 nitrogen and oxygen atoms in total. The van der Waals surface area contributed by atoms with Gasteiger partial charge in [-0.2, -0.15) is 5.26 Å². The SMILES string of the molecule is CCCC1CCC(Nc2cc(C#N)ccc2Cl)CC1. The minimum absolute atomic E-state index is 0.500. The molecule has 1 aliphatic rings. The second kappa shape index (κ2) is 6.82. The van der Waals surface area contributed by atoms with E-state index in [0.29, 0.717) is 16.6 Å². The van der Waals surface area contributed by atoms with Crippen molar-refractivity contribution in [3.05, 3.63) is 28.8 Å². The first-order chi connectivity index (χ1) is 9.22. The molecule has 0 unspecified atom stereocenters. The zero-order valence-corrected chi connectivity index (χ0v) is 12.2. The highest BCUT2D eigenvalue weighted by molar-refractivity contribution is 6.33. The summed E-state index contributed by atoms with van der Waals surface area (Å²) in [5, 5.41) is 13.1. The fourth-order valence-corrected chi connectivity index (χ4v) is 3.10. The summed E-state index contributed by atoms with van der Waals surface area (Å²) in [5.41, 5.74) is 1.56. The maximum absolute atomic E-state index is 8.93. The van der Waals surface area contributed by atoms with Crippen LogP contribution in [0.1, 0.15) is 51.0 Å². The van der Waals surface area contributed by atoms with Crippen LogP contribution in [0, 0.1) is 17.2 Å². The molecule has 102 valence electrons. The molecule has 0 amide bonds. The Balaban J connectivity index is 1.94. The average Bonchev–Trinajstić information content (AvgIpc) is 2.44. The number of nitrogens with zero attached hydrogens (tertiary/aromatic N) is 1. The van der Waals surface area contributed by atoms with E-state index in [9.17, 15) is 0 Å². The van der Waals surface area contributed by atoms with Gasteiger partial charge < -0.3 is 5.32 Å². The molecule has 3 heteroatoms. The van der Waals surface area contributed by atoms with Crippen molar-refractivity contribution < 1.29 is 0 Å². The molecule has 0 bridgehead atoms. The van der Waals surface area contributed by atoms with E-state index in [1.54, 1.807) is 12.1 Å². The molecular formula is C16H21ClN2. The van der Waals surface area contributed by atoms with Gasteiger partial charge in [0, 0.05) is 6.04 Å². The van der Waals surface area contributed by atoms with Crippen LogP contribution < -0.4 is 5.32 Å². The second-order valence-electron chi connectivity index (χ2n) is 5.46. The summed E-state index contributed by atoms with van der Waals surface area (Å²) in [5.74, 6) is 0.906. The molecule has 1 saturated carbocycles. The van der Waals surface area contributed by atoms with Crippen LogP contribution in [0.2, 0.25) is 5.02 Å². The van der Waals surface area contributed by atoms with Gasteiger partial charge in [-0.15, -0.1) is 0 Å². The molecule has 19 heavy (non-hydrogen) atoms. The Morgan fingerprint density at radius 3 is 2.68 bits per heavy atom. The van der Waals surface area contributed by atoms with Gasteiger partial charge in [-0.05, 0) is 49.8 Å². The minimum atomic E-state index is 0.500. The molecular weight excluding hydrogens is 256 g/mol. The van der Waals surface area contributed by atoms with Crippen molar-refractivity contribution in [1.82, 2.24) is 0 Å². The van der Waals surface area contributed by atoms with E-state index in [2.05, 4.69) is 18.3 Å². The van der Waals surface area contributed by atoms with Crippen LogP contribution in [0.25, 0.3) is 0 Å². The van der Waals surface area contributed by atoms with E-state index in [4.69, 9.17) is 16.9 Å². The third kappa shape index (κ3) is 3.88. The number of rotatable bonds is 4. The summed E-state index contributed by atoms with van der Waals surface area (Å²) >= 11 is 6.18. The first kappa shape index (κ1) is 14.2. The molecule has 0 saturated heterocycles. The van der Waals surface area contributed by atoms with Crippen LogP contribution in [0.4, 0.5) is 5.69 Å². The maximum Gasteiger partial charge on any atom is 0.0992 e. The Morgan fingerprint density at radius 2 is 2.05 bits per heavy atom. The summed E-state index contributed by atoms with van der Waals surface area (Å²) in [6.45, 7) is 2.26. The topological polar surface area (TPSA) is 35.8 Å². The molecule has 0 aromatic heterocycles. The number of benzene rings is 1. The lowest BCUT2D eigenvalue weighted by molar-refractivity contribution is 0.319. The van der Waals surface area contributed by atoms with Crippen molar-refractivity contribution in [2.75, 3.05) is 5.32 Å². The lowest BCUT2D eigenvalue weighted by Gasteiger charge is -2.30. The lowest BCUT2D eigenvalue weighted by atomic mass is 9.83. The maximum atomic E-state index is 8.93. The van der Waals surface area contributed by atoms with Gasteiger partial charge in [0.25, 0.3) is 0 Å². The predicted octanol–water partition coefficient (Wildman–Crippen LogP) is 4.98. The molecule has 0 heterocycles. The van der Waals surface area contributed by atoms with Crippen molar-refractivity contribution in [3.63, 3.8) is 0 Å². The Hall–Kier alpha value is -1.20. The first-order valence-electron chi connectivity index (χ1n) is 7.19. The van der Waals surface area contributed by atoms with Gasteiger partial charge in [0.2, 0.25) is 0 Å². The van der Waals surface area contributed by atoms with Crippen LogP contribution in [-0.4, -0.2) is 6.04 Å². The zero-order chi connectivity index (χ0) is 13.7. The molecule has 1 aromatic rings. The Bertz CT molecular complexity index is 456. The molecule has 0 atom stereocenters. The van der Waals surface area contributed by atoms with Gasteiger partial charge in [-0.25, -0.2) is 0 Å². The summed E-state index contributed by atoms with van der Waals surface area (Å²) < 4.78 is 0. The van der Waals surface area contributed by atoms with Crippen molar-refractivity contribution in [3.8, 4) is 6.07 Å². The van der Waals surface area contributed by atoms with Gasteiger partial charge in [0.15, 0.2) is 0 Å². The van der Waals surface area contributed by atoms with Crippen LogP contribution in [-0.2, 0) is 0 Å². The van der Waals surface area contributed by atoms with Gasteiger partial charge >= 0.3 is 0 Å². The number of anilines is 1. The third-order valence-electron chi connectivity index (χ3n) is 4.00. The van der Waals surface area contributed by atoms with E-state index < -0.39 is 0 Å². The summed E-state index contributed by atoms with van der Waals surface area (Å²) in [6, 6.07) is 8.06. The van der Waals surface area contributed by atoms with E-state index in [1.165, 1.54) is 38.5 Å². The van der Waals surface area contributed by atoms with Gasteiger partial charge in [0.05, 0.1) is 22.3 Å². The highest BCUT2D eigenvalue weighted by Crippen LogP contribution is 2.31. The van der Waals surface area contributed by atoms with Crippen molar-refractivity contribution in [2.45, 2.75) is 51.5 Å². The van der Waals surface area contributed by atoms with E-state index >= 15 is 0 Å². The van der Waals surface area contributed by atoms with Crippen LogP contribution >= 0.6 is 11.6 Å². The lowest BCUT2D eigenvalue weighted by Crippen LogP contribution is -2.26. The van der Waals surface area contributed by atoms with Crippen LogP contribution in [0.3, 0.4) is 0 Å². The first-order valence-corrected chi connectivity index (χ1v) is 7.57. The van der Waals surface area contributed by atoms with E-state index in [-0.39, 0.29) is 0 Å². The fraction of sp³-hybridized carbons (Fsp3) is 0.562. The Morgan fingerprint density at radius 1 is 1.32 bits per heavy atom. The largest absolute Gasteiger partial charge is 0.381 e. The van der Waals surface area contributed by atoms with E-state index in [1.807, 2.05) is 6.07 Å². The standard InChI is InChI=1S/C16H21ClN2/c1-2-3-12-4-7-14(8-5-12)19-16-10-13(11-18)6-9-15(16)17/h6,9-10,12,14,19H,2-5,7-8H2,1H3. The quantitative estimate of drug-likeness (QED) is 0.841. The number of nitrogens with one attached hydrogen (secondary N) is 1. The summed E-state index contributed by atoms with van der Waals surface area (Å²) in [4.78, 5) is 0. The molecule has 1 aromatic carbocycles. The Labute approximate surface area is 120 Å². The average molecular weight is 277 g/mol. The third-order valence-corrected chi connectivity index (χ3v) is 4.33. The molecule has 1 fully saturated rings.